The van der Waals surface area contributed by atoms with Gasteiger partial charge in [0.15, 0.2) is 0 Å². The van der Waals surface area contributed by atoms with E-state index >= 15 is 0 Å². The summed E-state index contributed by atoms with van der Waals surface area (Å²) in [4.78, 5) is 15.1. The molecule has 0 saturated carbocycles. The quantitative estimate of drug-likeness (QED) is 0.469. The molecule has 0 radical (unpaired) electrons. The fraction of sp³-hybridized carbons (Fsp3) is 0.536. The summed E-state index contributed by atoms with van der Waals surface area (Å²) in [6.07, 6.45) is -2.78. The van der Waals surface area contributed by atoms with Gasteiger partial charge in [-0.3, -0.25) is 4.79 Å². The Hall–Kier alpha value is -2.30. The second kappa shape index (κ2) is 9.15. The minimum Gasteiger partial charge on any atom is -0.342 e. The van der Waals surface area contributed by atoms with Crippen LogP contribution in [-0.4, -0.2) is 23.9 Å². The van der Waals surface area contributed by atoms with E-state index in [0.717, 1.165) is 24.5 Å². The number of likely N-dealkylation sites (tertiary alicyclic amines) is 1. The van der Waals surface area contributed by atoms with Crippen LogP contribution in [0.1, 0.15) is 82.6 Å². The Labute approximate surface area is 196 Å². The molecule has 1 amide bonds. The number of carbonyl (C=O) groups is 1. The topological polar surface area (TPSA) is 20.3 Å². The van der Waals surface area contributed by atoms with Gasteiger partial charge < -0.3 is 4.90 Å². The van der Waals surface area contributed by atoms with Crippen molar-refractivity contribution in [3.63, 3.8) is 0 Å². The highest BCUT2D eigenvalue weighted by Crippen LogP contribution is 2.40. The number of piperidine rings is 1. The van der Waals surface area contributed by atoms with Gasteiger partial charge in [-0.25, -0.2) is 0 Å². The van der Waals surface area contributed by atoms with Gasteiger partial charge in [0.25, 0.3) is 0 Å². The average molecular weight is 460 g/mol. The van der Waals surface area contributed by atoms with Crippen LogP contribution in [0.2, 0.25) is 0 Å². The number of hydrogen-bond acceptors (Lipinski definition) is 1. The highest BCUT2D eigenvalue weighted by molar-refractivity contribution is 5.83. The molecular formula is C28H36F3NO. The third-order valence-electron chi connectivity index (χ3n) is 7.41. The summed E-state index contributed by atoms with van der Waals surface area (Å²) in [6, 6.07) is 14.0. The predicted octanol–water partition coefficient (Wildman–Crippen LogP) is 7.32. The van der Waals surface area contributed by atoms with Crippen LogP contribution >= 0.6 is 0 Å². The van der Waals surface area contributed by atoms with Crippen LogP contribution in [0.3, 0.4) is 0 Å². The molecule has 180 valence electrons. The van der Waals surface area contributed by atoms with Crippen LogP contribution in [0.25, 0.3) is 0 Å². The van der Waals surface area contributed by atoms with Crippen LogP contribution < -0.4 is 0 Å². The summed E-state index contributed by atoms with van der Waals surface area (Å²) in [5.74, 6) is 0.118. The molecular weight excluding hydrogens is 423 g/mol. The van der Waals surface area contributed by atoms with Gasteiger partial charge in [-0.05, 0) is 59.3 Å². The lowest BCUT2D eigenvalue weighted by Crippen LogP contribution is -2.44. The van der Waals surface area contributed by atoms with Crippen molar-refractivity contribution in [2.75, 3.05) is 13.1 Å². The smallest absolute Gasteiger partial charge is 0.342 e. The Kier molecular flexibility index (Phi) is 7.02. The minimum atomic E-state index is -4.34. The molecule has 1 saturated heterocycles. The number of amides is 1. The molecule has 0 bridgehead atoms. The molecule has 2 aromatic rings. The van der Waals surface area contributed by atoms with Crippen LogP contribution in [0.4, 0.5) is 13.2 Å². The normalized spacial score (nSPS) is 17.2. The molecule has 2 aromatic carbocycles. The lowest BCUT2D eigenvalue weighted by Gasteiger charge is -2.42. The van der Waals surface area contributed by atoms with E-state index in [4.69, 9.17) is 0 Å². The summed E-state index contributed by atoms with van der Waals surface area (Å²) in [5.41, 5.74) is 2.02. The first-order valence-electron chi connectivity index (χ1n) is 11.8. The Morgan fingerprint density at radius 1 is 0.879 bits per heavy atom. The van der Waals surface area contributed by atoms with Crippen molar-refractivity contribution in [2.24, 2.45) is 5.92 Å². The Bertz CT molecular complexity index is 962. The van der Waals surface area contributed by atoms with Gasteiger partial charge >= 0.3 is 6.18 Å². The predicted molar refractivity (Wildman–Crippen MR) is 127 cm³/mol. The van der Waals surface area contributed by atoms with Gasteiger partial charge in [0, 0.05) is 13.1 Å². The van der Waals surface area contributed by atoms with Gasteiger partial charge in [-0.15, -0.1) is 0 Å². The van der Waals surface area contributed by atoms with Crippen molar-refractivity contribution < 1.29 is 18.0 Å². The fourth-order valence-corrected chi connectivity index (χ4v) is 4.84. The maximum absolute atomic E-state index is 13.2. The van der Waals surface area contributed by atoms with E-state index < -0.39 is 17.2 Å². The molecule has 0 aliphatic carbocycles. The number of nitrogens with zero attached hydrogens (tertiary/aromatic N) is 1. The van der Waals surface area contributed by atoms with Crippen molar-refractivity contribution in [3.8, 4) is 0 Å². The molecule has 3 rings (SSSR count). The van der Waals surface area contributed by atoms with Crippen molar-refractivity contribution in [2.45, 2.75) is 77.3 Å². The molecule has 5 heteroatoms. The highest BCUT2D eigenvalue weighted by atomic mass is 19.4. The number of hydrogen-bond donors (Lipinski definition) is 0. The van der Waals surface area contributed by atoms with Crippen molar-refractivity contribution in [1.82, 2.24) is 4.90 Å². The Morgan fingerprint density at radius 2 is 1.42 bits per heavy atom. The molecule has 0 aromatic heterocycles. The summed E-state index contributed by atoms with van der Waals surface area (Å²) in [5, 5.41) is 0. The van der Waals surface area contributed by atoms with E-state index in [0.29, 0.717) is 18.7 Å². The molecule has 33 heavy (non-hydrogen) atoms. The monoisotopic (exact) mass is 459 g/mol. The summed E-state index contributed by atoms with van der Waals surface area (Å²) in [6.45, 7) is 13.8. The first-order valence-corrected chi connectivity index (χ1v) is 11.8. The molecule has 1 aliphatic heterocycles. The second-order valence-corrected chi connectivity index (χ2v) is 11.0. The first-order chi connectivity index (χ1) is 15.2. The lowest BCUT2D eigenvalue weighted by molar-refractivity contribution is -0.138. The van der Waals surface area contributed by atoms with E-state index in [9.17, 15) is 18.0 Å². The third kappa shape index (κ3) is 5.62. The fourth-order valence-electron chi connectivity index (χ4n) is 4.84. The maximum atomic E-state index is 13.2. The first kappa shape index (κ1) is 25.3. The Morgan fingerprint density at radius 3 is 1.94 bits per heavy atom. The van der Waals surface area contributed by atoms with Gasteiger partial charge in [0.05, 0.1) is 11.5 Å². The largest absolute Gasteiger partial charge is 0.416 e. The number of rotatable bonds is 4. The zero-order valence-electron chi connectivity index (χ0n) is 20.6. The number of halogens is 3. The highest BCUT2D eigenvalue weighted by Gasteiger charge is 2.38. The zero-order chi connectivity index (χ0) is 24.6. The molecule has 1 aliphatic rings. The van der Waals surface area contributed by atoms with Crippen LogP contribution in [-0.2, 0) is 21.8 Å². The van der Waals surface area contributed by atoms with Gasteiger partial charge in [0.1, 0.15) is 0 Å². The number of carbonyl (C=O) groups excluding carboxylic acids is 1. The molecule has 1 atom stereocenters. The molecule has 1 unspecified atom stereocenters. The Balaban J connectivity index is 1.66. The number of benzene rings is 2. The molecule has 1 fully saturated rings. The lowest BCUT2D eigenvalue weighted by atomic mass is 9.69. The van der Waals surface area contributed by atoms with Crippen LogP contribution in [0.5, 0.6) is 0 Å². The maximum Gasteiger partial charge on any atom is 0.416 e. The van der Waals surface area contributed by atoms with Gasteiger partial charge in [-0.1, -0.05) is 77.1 Å². The van der Waals surface area contributed by atoms with Crippen molar-refractivity contribution >= 4 is 5.91 Å². The second-order valence-electron chi connectivity index (χ2n) is 11.0. The summed E-state index contributed by atoms with van der Waals surface area (Å²) in [7, 11) is 0. The van der Waals surface area contributed by atoms with Crippen LogP contribution in [0.15, 0.2) is 48.5 Å². The van der Waals surface area contributed by atoms with E-state index in [1.54, 1.807) is 6.07 Å². The molecule has 2 nitrogen and oxygen atoms in total. The van der Waals surface area contributed by atoms with Gasteiger partial charge in [-0.2, -0.15) is 13.2 Å². The van der Waals surface area contributed by atoms with E-state index in [-0.39, 0.29) is 23.2 Å². The van der Waals surface area contributed by atoms with E-state index in [1.807, 2.05) is 37.8 Å². The zero-order valence-corrected chi connectivity index (χ0v) is 20.6. The molecule has 0 N–H and O–H groups in total. The number of alkyl halides is 3. The molecule has 1 heterocycles. The third-order valence-corrected chi connectivity index (χ3v) is 7.41. The standard InChI is InChI=1S/C28H36F3NO/c1-19(20-10-12-21(13-11-20)26(2,3)4)25(33)32-16-14-22(15-17-32)27(5,6)23-8-7-9-24(18-23)28(29,30)31/h7-13,18-19,22H,14-17H2,1-6H3. The van der Waals surface area contributed by atoms with Crippen LogP contribution in [0, 0.1) is 5.92 Å². The molecule has 0 spiro atoms. The SMILES string of the molecule is CC(C(=O)N1CCC(C(C)(C)c2cccc(C(F)(F)F)c2)CC1)c1ccc(C(C)(C)C)cc1. The van der Waals surface area contributed by atoms with E-state index in [1.165, 1.54) is 17.7 Å². The van der Waals surface area contributed by atoms with Crippen molar-refractivity contribution in [3.05, 3.63) is 70.8 Å². The average Bonchev–Trinajstić information content (AvgIpc) is 2.77. The minimum absolute atomic E-state index is 0.0695. The van der Waals surface area contributed by atoms with E-state index in [2.05, 4.69) is 32.9 Å². The van der Waals surface area contributed by atoms with Gasteiger partial charge in [0.2, 0.25) is 5.91 Å². The summed E-state index contributed by atoms with van der Waals surface area (Å²) >= 11 is 0. The van der Waals surface area contributed by atoms with Crippen molar-refractivity contribution in [1.29, 1.82) is 0 Å². The summed E-state index contributed by atoms with van der Waals surface area (Å²) < 4.78 is 39.6.